The third-order valence-corrected chi connectivity index (χ3v) is 4.89. The molecule has 1 saturated heterocycles. The summed E-state index contributed by atoms with van der Waals surface area (Å²) in [4.78, 5) is 11.6. The number of carbonyl (C=O) groups excluding carboxylic acids is 1. The Balaban J connectivity index is 2.14. The molecule has 0 aromatic heterocycles. The summed E-state index contributed by atoms with van der Waals surface area (Å²) in [5, 5.41) is 0. The molecule has 1 aromatic rings. The zero-order valence-electron chi connectivity index (χ0n) is 11.4. The zero-order chi connectivity index (χ0) is 14.6. The number of benzene rings is 1. The van der Waals surface area contributed by atoms with E-state index in [1.807, 2.05) is 0 Å². The molecular formula is C14H18O5S. The molecular weight excluding hydrogens is 280 g/mol. The van der Waals surface area contributed by atoms with E-state index < -0.39 is 15.8 Å². The average Bonchev–Trinajstić information content (AvgIpc) is 2.90. The van der Waals surface area contributed by atoms with E-state index in [0.29, 0.717) is 17.7 Å². The number of methoxy groups -OCH3 is 1. The summed E-state index contributed by atoms with van der Waals surface area (Å²) < 4.78 is 34.4. The molecule has 1 aliphatic heterocycles. The lowest BCUT2D eigenvalue weighted by molar-refractivity contribution is 0.0600. The number of esters is 1. The lowest BCUT2D eigenvalue weighted by Crippen LogP contribution is -2.22. The summed E-state index contributed by atoms with van der Waals surface area (Å²) >= 11 is 0. The van der Waals surface area contributed by atoms with Crippen molar-refractivity contribution in [3.05, 3.63) is 35.4 Å². The second-order valence-electron chi connectivity index (χ2n) is 4.84. The first-order chi connectivity index (χ1) is 9.52. The van der Waals surface area contributed by atoms with Crippen molar-refractivity contribution in [2.75, 3.05) is 19.5 Å². The zero-order valence-corrected chi connectivity index (χ0v) is 12.2. The van der Waals surface area contributed by atoms with Gasteiger partial charge < -0.3 is 9.47 Å². The van der Waals surface area contributed by atoms with E-state index in [-0.39, 0.29) is 17.6 Å². The fourth-order valence-corrected chi connectivity index (χ4v) is 3.98. The predicted octanol–water partition coefficient (Wildman–Crippen LogP) is 1.57. The van der Waals surface area contributed by atoms with Gasteiger partial charge in [-0.1, -0.05) is 18.2 Å². The number of sulfone groups is 1. The second-order valence-corrected chi connectivity index (χ2v) is 6.95. The minimum Gasteiger partial charge on any atom is -0.465 e. The third-order valence-electron chi connectivity index (χ3n) is 3.26. The van der Waals surface area contributed by atoms with Crippen molar-refractivity contribution in [1.82, 2.24) is 0 Å². The predicted molar refractivity (Wildman–Crippen MR) is 74.2 cm³/mol. The van der Waals surface area contributed by atoms with Crippen LogP contribution in [0.4, 0.5) is 0 Å². The van der Waals surface area contributed by atoms with Gasteiger partial charge in [0, 0.05) is 6.61 Å². The quantitative estimate of drug-likeness (QED) is 0.772. The fraction of sp³-hybridized carbons (Fsp3) is 0.500. The molecule has 1 fully saturated rings. The lowest BCUT2D eigenvalue weighted by Gasteiger charge is -2.12. The van der Waals surface area contributed by atoms with Crippen LogP contribution in [-0.4, -0.2) is 40.0 Å². The van der Waals surface area contributed by atoms with E-state index in [0.717, 1.165) is 12.8 Å². The van der Waals surface area contributed by atoms with Gasteiger partial charge in [-0.25, -0.2) is 13.2 Å². The molecule has 0 N–H and O–H groups in total. The van der Waals surface area contributed by atoms with Crippen LogP contribution in [-0.2, 0) is 25.1 Å². The SMILES string of the molecule is COC(=O)c1ccccc1CS(=O)(=O)CC1CCCO1. The molecule has 0 spiro atoms. The van der Waals surface area contributed by atoms with Gasteiger partial charge in [-0.15, -0.1) is 0 Å². The second kappa shape index (κ2) is 6.37. The Morgan fingerprint density at radius 1 is 1.40 bits per heavy atom. The standard InChI is InChI=1S/C14H18O5S/c1-18-14(15)13-7-3-2-5-11(13)9-20(16,17)10-12-6-4-8-19-12/h2-3,5,7,12H,4,6,8-10H2,1H3. The van der Waals surface area contributed by atoms with E-state index in [1.54, 1.807) is 24.3 Å². The van der Waals surface area contributed by atoms with E-state index in [1.165, 1.54) is 7.11 Å². The van der Waals surface area contributed by atoms with Gasteiger partial charge in [-0.3, -0.25) is 0 Å². The van der Waals surface area contributed by atoms with E-state index >= 15 is 0 Å². The van der Waals surface area contributed by atoms with Crippen LogP contribution in [0.3, 0.4) is 0 Å². The van der Waals surface area contributed by atoms with Crippen LogP contribution in [0.5, 0.6) is 0 Å². The number of ether oxygens (including phenoxy) is 2. The summed E-state index contributed by atoms with van der Waals surface area (Å²) in [6.45, 7) is 0.624. The number of rotatable bonds is 5. The van der Waals surface area contributed by atoms with Gasteiger partial charge in [0.05, 0.1) is 30.3 Å². The maximum atomic E-state index is 12.2. The van der Waals surface area contributed by atoms with Crippen LogP contribution in [0.15, 0.2) is 24.3 Å². The lowest BCUT2D eigenvalue weighted by atomic mass is 10.1. The molecule has 0 aliphatic carbocycles. The molecule has 6 heteroatoms. The maximum Gasteiger partial charge on any atom is 0.338 e. The third kappa shape index (κ3) is 3.80. The fourth-order valence-electron chi connectivity index (χ4n) is 2.31. The van der Waals surface area contributed by atoms with Crippen LogP contribution >= 0.6 is 0 Å². The Bertz CT molecular complexity index is 573. The highest BCUT2D eigenvalue weighted by molar-refractivity contribution is 7.90. The van der Waals surface area contributed by atoms with Crippen LogP contribution in [0.25, 0.3) is 0 Å². The van der Waals surface area contributed by atoms with Crippen LogP contribution in [0, 0.1) is 0 Å². The van der Waals surface area contributed by atoms with Crippen molar-refractivity contribution < 1.29 is 22.7 Å². The molecule has 0 saturated carbocycles. The summed E-state index contributed by atoms with van der Waals surface area (Å²) in [6.07, 6.45) is 1.46. The minimum atomic E-state index is -3.32. The van der Waals surface area contributed by atoms with Crippen molar-refractivity contribution in [2.24, 2.45) is 0 Å². The molecule has 1 atom stereocenters. The highest BCUT2D eigenvalue weighted by atomic mass is 32.2. The van der Waals surface area contributed by atoms with Crippen molar-refractivity contribution in [2.45, 2.75) is 24.7 Å². The Morgan fingerprint density at radius 3 is 2.80 bits per heavy atom. The van der Waals surface area contributed by atoms with Gasteiger partial charge in [-0.2, -0.15) is 0 Å². The Morgan fingerprint density at radius 2 is 2.15 bits per heavy atom. The highest BCUT2D eigenvalue weighted by Gasteiger charge is 2.25. The largest absolute Gasteiger partial charge is 0.465 e. The highest BCUT2D eigenvalue weighted by Crippen LogP contribution is 2.18. The van der Waals surface area contributed by atoms with Crippen LogP contribution in [0.1, 0.15) is 28.8 Å². The van der Waals surface area contributed by atoms with Gasteiger partial charge in [0.25, 0.3) is 0 Å². The topological polar surface area (TPSA) is 69.7 Å². The molecule has 0 amide bonds. The van der Waals surface area contributed by atoms with Gasteiger partial charge >= 0.3 is 5.97 Å². The van der Waals surface area contributed by atoms with Crippen molar-refractivity contribution in [3.8, 4) is 0 Å². The molecule has 0 bridgehead atoms. The smallest absolute Gasteiger partial charge is 0.338 e. The Kier molecular flexibility index (Phi) is 4.77. The monoisotopic (exact) mass is 298 g/mol. The summed E-state index contributed by atoms with van der Waals surface area (Å²) in [5.41, 5.74) is 0.767. The first kappa shape index (κ1) is 15.0. The molecule has 1 aromatic carbocycles. The summed E-state index contributed by atoms with van der Waals surface area (Å²) in [5.74, 6) is -0.686. The number of hydrogen-bond donors (Lipinski definition) is 0. The molecule has 1 aliphatic rings. The van der Waals surface area contributed by atoms with Gasteiger partial charge in [0.2, 0.25) is 0 Å². The Labute approximate surface area is 118 Å². The van der Waals surface area contributed by atoms with E-state index in [4.69, 9.17) is 4.74 Å². The first-order valence-electron chi connectivity index (χ1n) is 6.50. The van der Waals surface area contributed by atoms with Gasteiger partial charge in [-0.05, 0) is 24.5 Å². The van der Waals surface area contributed by atoms with Crippen molar-refractivity contribution in [1.29, 1.82) is 0 Å². The van der Waals surface area contributed by atoms with Gasteiger partial charge in [0.15, 0.2) is 9.84 Å². The molecule has 1 heterocycles. The minimum absolute atomic E-state index is 0.00249. The van der Waals surface area contributed by atoms with Crippen molar-refractivity contribution in [3.63, 3.8) is 0 Å². The van der Waals surface area contributed by atoms with Gasteiger partial charge in [0.1, 0.15) is 0 Å². The normalized spacial score (nSPS) is 18.9. The molecule has 1 unspecified atom stereocenters. The summed E-state index contributed by atoms with van der Waals surface area (Å²) in [6, 6.07) is 6.61. The summed E-state index contributed by atoms with van der Waals surface area (Å²) in [7, 11) is -2.04. The Hall–Kier alpha value is -1.40. The molecule has 0 radical (unpaired) electrons. The number of hydrogen-bond acceptors (Lipinski definition) is 5. The average molecular weight is 298 g/mol. The maximum absolute atomic E-state index is 12.2. The van der Waals surface area contributed by atoms with E-state index in [9.17, 15) is 13.2 Å². The molecule has 110 valence electrons. The molecule has 2 rings (SSSR count). The molecule has 5 nitrogen and oxygen atoms in total. The molecule has 20 heavy (non-hydrogen) atoms. The number of carbonyl (C=O) groups is 1. The van der Waals surface area contributed by atoms with Crippen LogP contribution in [0.2, 0.25) is 0 Å². The van der Waals surface area contributed by atoms with E-state index in [2.05, 4.69) is 4.74 Å². The first-order valence-corrected chi connectivity index (χ1v) is 8.32. The van der Waals surface area contributed by atoms with Crippen LogP contribution < -0.4 is 0 Å². The van der Waals surface area contributed by atoms with Crippen molar-refractivity contribution >= 4 is 15.8 Å².